The number of hydrogen-bond acceptors (Lipinski definition) is 4. The quantitative estimate of drug-likeness (QED) is 0.126. The molecule has 0 saturated heterocycles. The Morgan fingerprint density at radius 3 is 1.77 bits per heavy atom. The summed E-state index contributed by atoms with van der Waals surface area (Å²) in [7, 11) is -2.25. The molecule has 0 saturated carbocycles. The zero-order chi connectivity index (χ0) is 23.1. The Kier molecular flexibility index (Phi) is 14.0. The molecule has 0 aliphatic carbocycles. The molecule has 0 atom stereocenters. The van der Waals surface area contributed by atoms with E-state index in [0.717, 1.165) is 25.3 Å². The molecule has 0 aliphatic rings. The van der Waals surface area contributed by atoms with Gasteiger partial charge in [-0.25, -0.2) is 12.7 Å². The van der Waals surface area contributed by atoms with Gasteiger partial charge in [-0.1, -0.05) is 102 Å². The summed E-state index contributed by atoms with van der Waals surface area (Å²) in [4.78, 5) is 10.2. The largest absolute Gasteiger partial charge is 0.289 e. The van der Waals surface area contributed by atoms with Gasteiger partial charge < -0.3 is 0 Å². The molecule has 0 N–H and O–H groups in total. The molecule has 178 valence electrons. The van der Waals surface area contributed by atoms with Gasteiger partial charge in [-0.05, 0) is 18.6 Å². The van der Waals surface area contributed by atoms with Crippen molar-refractivity contribution in [2.24, 2.45) is 0 Å². The van der Waals surface area contributed by atoms with Gasteiger partial charge in [0.25, 0.3) is 5.69 Å². The number of hydrogen-bond donors (Lipinski definition) is 0. The molecule has 0 amide bonds. The van der Waals surface area contributed by atoms with Crippen LogP contribution in [-0.4, -0.2) is 31.2 Å². The third-order valence-corrected chi connectivity index (χ3v) is 7.82. The van der Waals surface area contributed by atoms with Gasteiger partial charge in [0.1, 0.15) is 5.02 Å². The van der Waals surface area contributed by atoms with Crippen LogP contribution in [0, 0.1) is 10.1 Å². The molecule has 0 bridgehead atoms. The van der Waals surface area contributed by atoms with Crippen molar-refractivity contribution < 1.29 is 13.3 Å². The Morgan fingerprint density at radius 1 is 0.871 bits per heavy atom. The minimum absolute atomic E-state index is 0.0708. The fraction of sp³-hybridized carbons (Fsp3) is 0.739. The van der Waals surface area contributed by atoms with Gasteiger partial charge in [-0.2, -0.15) is 0 Å². The van der Waals surface area contributed by atoms with Crippen molar-refractivity contribution in [1.29, 1.82) is 0 Å². The second kappa shape index (κ2) is 15.6. The van der Waals surface area contributed by atoms with Crippen molar-refractivity contribution in [2.45, 2.75) is 102 Å². The average Bonchev–Trinajstić information content (AvgIpc) is 2.73. The van der Waals surface area contributed by atoms with Gasteiger partial charge in [0.2, 0.25) is 10.0 Å². The van der Waals surface area contributed by atoms with Crippen LogP contribution >= 0.6 is 11.6 Å². The van der Waals surface area contributed by atoms with Crippen LogP contribution in [0.5, 0.6) is 0 Å². The van der Waals surface area contributed by atoms with E-state index in [9.17, 15) is 18.5 Å². The van der Waals surface area contributed by atoms with E-state index in [2.05, 4.69) is 6.92 Å². The molecule has 8 heteroatoms. The first kappa shape index (κ1) is 27.9. The maximum atomic E-state index is 12.6. The lowest BCUT2D eigenvalue weighted by atomic mass is 10.0. The van der Waals surface area contributed by atoms with Crippen molar-refractivity contribution in [3.63, 3.8) is 0 Å². The molecule has 31 heavy (non-hydrogen) atoms. The zero-order valence-electron chi connectivity index (χ0n) is 19.2. The van der Waals surface area contributed by atoms with E-state index < -0.39 is 20.6 Å². The van der Waals surface area contributed by atoms with E-state index in [0.29, 0.717) is 6.54 Å². The van der Waals surface area contributed by atoms with Crippen molar-refractivity contribution in [3.8, 4) is 0 Å². The zero-order valence-corrected chi connectivity index (χ0v) is 20.7. The van der Waals surface area contributed by atoms with E-state index >= 15 is 0 Å². The van der Waals surface area contributed by atoms with Gasteiger partial charge in [-0.3, -0.25) is 10.1 Å². The number of halogens is 1. The minimum atomic E-state index is -3.76. The standard InChI is InChI=1S/C23H39ClN2O4S/c1-3-4-5-6-7-8-9-10-11-12-13-14-15-16-19-25(2)31(29,30)21-17-18-22(24)23(20-21)26(27)28/h17-18,20H,3-16,19H2,1-2H3. The Hall–Kier alpha value is -1.18. The monoisotopic (exact) mass is 474 g/mol. The predicted molar refractivity (Wildman–Crippen MR) is 128 cm³/mol. The van der Waals surface area contributed by atoms with Crippen LogP contribution in [-0.2, 0) is 10.0 Å². The lowest BCUT2D eigenvalue weighted by Gasteiger charge is -2.17. The number of rotatable bonds is 18. The van der Waals surface area contributed by atoms with Gasteiger partial charge in [0, 0.05) is 19.7 Å². The second-order valence-electron chi connectivity index (χ2n) is 8.29. The van der Waals surface area contributed by atoms with Crippen molar-refractivity contribution in [3.05, 3.63) is 33.3 Å². The van der Waals surface area contributed by atoms with Gasteiger partial charge in [-0.15, -0.1) is 0 Å². The number of nitro groups is 1. The summed E-state index contributed by atoms with van der Waals surface area (Å²) in [6.45, 7) is 2.65. The minimum Gasteiger partial charge on any atom is -0.258 e. The first-order valence-corrected chi connectivity index (χ1v) is 13.5. The average molecular weight is 475 g/mol. The van der Waals surface area contributed by atoms with Gasteiger partial charge >= 0.3 is 0 Å². The molecule has 0 fully saturated rings. The number of nitrogens with zero attached hydrogens (tertiary/aromatic N) is 2. The van der Waals surface area contributed by atoms with Crippen LogP contribution in [0.3, 0.4) is 0 Å². The molecule has 1 aromatic carbocycles. The molecule has 0 heterocycles. The molecule has 6 nitrogen and oxygen atoms in total. The van der Waals surface area contributed by atoms with Crippen LogP contribution in [0.4, 0.5) is 5.69 Å². The molecule has 1 aromatic rings. The molecule has 0 unspecified atom stereocenters. The fourth-order valence-electron chi connectivity index (χ4n) is 3.62. The summed E-state index contributed by atoms with van der Waals surface area (Å²) in [6, 6.07) is 3.60. The Bertz CT molecular complexity index is 756. The smallest absolute Gasteiger partial charge is 0.258 e. The number of benzene rings is 1. The highest BCUT2D eigenvalue weighted by molar-refractivity contribution is 7.89. The van der Waals surface area contributed by atoms with Crippen LogP contribution in [0.2, 0.25) is 5.02 Å². The van der Waals surface area contributed by atoms with Crippen molar-refractivity contribution >= 4 is 27.3 Å². The summed E-state index contributed by atoms with van der Waals surface area (Å²) in [5, 5.41) is 10.9. The molecule has 0 aliphatic heterocycles. The molecule has 0 spiro atoms. The molecular weight excluding hydrogens is 436 g/mol. The van der Waals surface area contributed by atoms with E-state index in [1.165, 1.54) is 94.1 Å². The third kappa shape index (κ3) is 10.8. The van der Waals surface area contributed by atoms with Crippen LogP contribution in [0.15, 0.2) is 23.1 Å². The first-order chi connectivity index (χ1) is 14.8. The Balaban J connectivity index is 2.17. The summed E-state index contributed by atoms with van der Waals surface area (Å²) < 4.78 is 26.6. The topological polar surface area (TPSA) is 80.5 Å². The highest BCUT2D eigenvalue weighted by atomic mass is 35.5. The lowest BCUT2D eigenvalue weighted by Crippen LogP contribution is -2.28. The van der Waals surface area contributed by atoms with Crippen molar-refractivity contribution in [1.82, 2.24) is 4.31 Å². The van der Waals surface area contributed by atoms with Gasteiger partial charge in [0.05, 0.1) is 9.82 Å². The summed E-state index contributed by atoms with van der Waals surface area (Å²) in [5.74, 6) is 0. The number of nitro benzene ring substituents is 1. The highest BCUT2D eigenvalue weighted by Crippen LogP contribution is 2.28. The van der Waals surface area contributed by atoms with Gasteiger partial charge in [0.15, 0.2) is 0 Å². The Morgan fingerprint density at radius 2 is 1.32 bits per heavy atom. The van der Waals surface area contributed by atoms with Crippen LogP contribution in [0.25, 0.3) is 0 Å². The Labute approximate surface area is 193 Å². The summed E-state index contributed by atoms with van der Waals surface area (Å²) in [6.07, 6.45) is 17.4. The fourth-order valence-corrected chi connectivity index (χ4v) is 5.04. The normalized spacial score (nSPS) is 11.9. The van der Waals surface area contributed by atoms with Crippen LogP contribution < -0.4 is 0 Å². The van der Waals surface area contributed by atoms with E-state index in [4.69, 9.17) is 11.6 Å². The van der Waals surface area contributed by atoms with Crippen LogP contribution in [0.1, 0.15) is 96.8 Å². The molecular formula is C23H39ClN2O4S. The van der Waals surface area contributed by atoms with Crippen molar-refractivity contribution in [2.75, 3.05) is 13.6 Å². The predicted octanol–water partition coefficient (Wildman–Crippen LogP) is 7.35. The number of unbranched alkanes of at least 4 members (excludes halogenated alkanes) is 13. The summed E-state index contributed by atoms with van der Waals surface area (Å²) >= 11 is 5.77. The third-order valence-electron chi connectivity index (χ3n) is 5.65. The number of sulfonamides is 1. The SMILES string of the molecule is CCCCCCCCCCCCCCCCN(C)S(=O)(=O)c1ccc(Cl)c([N+](=O)[O-])c1. The van der Waals surface area contributed by atoms with E-state index in [1.54, 1.807) is 0 Å². The molecule has 1 rings (SSSR count). The maximum absolute atomic E-state index is 12.6. The molecule has 0 radical (unpaired) electrons. The lowest BCUT2D eigenvalue weighted by molar-refractivity contribution is -0.384. The molecule has 0 aromatic heterocycles. The highest BCUT2D eigenvalue weighted by Gasteiger charge is 2.24. The summed E-state index contributed by atoms with van der Waals surface area (Å²) in [5.41, 5.74) is -0.396. The first-order valence-electron chi connectivity index (χ1n) is 11.7. The maximum Gasteiger partial charge on any atom is 0.289 e. The van der Waals surface area contributed by atoms with E-state index in [1.807, 2.05) is 0 Å². The second-order valence-corrected chi connectivity index (χ2v) is 10.7. The van der Waals surface area contributed by atoms with E-state index in [-0.39, 0.29) is 9.92 Å².